The number of nitrogens with zero attached hydrogens (tertiary/aromatic N) is 2. The molecule has 0 saturated heterocycles. The molecule has 3 rings (SSSR count). The number of carbonyl (C=O) groups is 2. The maximum atomic E-state index is 14.7. The number of aromatic nitrogens is 1. The Kier molecular flexibility index (Phi) is 7.15. The quantitative estimate of drug-likeness (QED) is 0.512. The molecule has 0 saturated carbocycles. The summed E-state index contributed by atoms with van der Waals surface area (Å²) in [6.45, 7) is 0. The number of halogens is 2. The van der Waals surface area contributed by atoms with Gasteiger partial charge in [0.15, 0.2) is 0 Å². The first-order valence-electron chi connectivity index (χ1n) is 9.97. The number of hydrogen-bond acceptors (Lipinski definition) is 6. The first kappa shape index (κ1) is 25.0. The van der Waals surface area contributed by atoms with E-state index in [9.17, 15) is 23.5 Å². The van der Waals surface area contributed by atoms with Crippen LogP contribution in [0.2, 0.25) is 0 Å². The third kappa shape index (κ3) is 5.30. The lowest BCUT2D eigenvalue weighted by atomic mass is 10.0. The number of amides is 2. The highest BCUT2D eigenvalue weighted by atomic mass is 32.3. The third-order valence-electron chi connectivity index (χ3n) is 4.97. The van der Waals surface area contributed by atoms with E-state index in [4.69, 9.17) is 9.26 Å². The second kappa shape index (κ2) is 9.72. The van der Waals surface area contributed by atoms with Crippen LogP contribution in [0.15, 0.2) is 51.9 Å². The fourth-order valence-electron chi connectivity index (χ4n) is 3.42. The van der Waals surface area contributed by atoms with E-state index in [1.807, 2.05) is 0 Å². The van der Waals surface area contributed by atoms with Gasteiger partial charge in [0.2, 0.25) is 5.76 Å². The average molecular weight is 494 g/mol. The van der Waals surface area contributed by atoms with Crippen molar-refractivity contribution in [1.82, 2.24) is 10.1 Å². The molecule has 0 spiro atoms. The first-order chi connectivity index (χ1) is 15.9. The van der Waals surface area contributed by atoms with Gasteiger partial charge in [-0.2, -0.15) is 0 Å². The third-order valence-corrected chi connectivity index (χ3v) is 6.59. The standard InChI is InChI=1S/C23H25F2N3O5S/c1-28(23(31)18-12-19(29)27-33-18)20(13-6-8-15(32-2)9-7-13)22(30)26-14-10-16(24)21(17(25)11-14)34(3,4)5/h6-12,20H,1-5H3,(H,26,30)(H,27,29). The van der Waals surface area contributed by atoms with Crippen LogP contribution >= 0.6 is 10.0 Å². The van der Waals surface area contributed by atoms with Gasteiger partial charge in [-0.3, -0.25) is 9.59 Å². The van der Waals surface area contributed by atoms with Gasteiger partial charge in [0, 0.05) is 12.7 Å². The van der Waals surface area contributed by atoms with Gasteiger partial charge in [0.25, 0.3) is 17.7 Å². The van der Waals surface area contributed by atoms with Crippen molar-refractivity contribution in [2.45, 2.75) is 10.9 Å². The van der Waals surface area contributed by atoms with Crippen LogP contribution in [0.1, 0.15) is 22.2 Å². The van der Waals surface area contributed by atoms with Crippen LogP contribution in [0.25, 0.3) is 0 Å². The van der Waals surface area contributed by atoms with Gasteiger partial charge >= 0.3 is 0 Å². The first-order valence-corrected chi connectivity index (χ1v) is 12.8. The molecule has 34 heavy (non-hydrogen) atoms. The van der Waals surface area contributed by atoms with Crippen molar-refractivity contribution in [1.29, 1.82) is 0 Å². The molecular weight excluding hydrogens is 468 g/mol. The zero-order valence-corrected chi connectivity index (χ0v) is 20.1. The lowest BCUT2D eigenvalue weighted by Gasteiger charge is -2.28. The van der Waals surface area contributed by atoms with Crippen molar-refractivity contribution in [2.75, 3.05) is 38.2 Å². The predicted molar refractivity (Wildman–Crippen MR) is 125 cm³/mol. The number of nitrogens with one attached hydrogen (secondary N) is 1. The number of carbonyl (C=O) groups excluding carboxylic acids is 2. The van der Waals surface area contributed by atoms with Crippen molar-refractivity contribution in [3.8, 4) is 11.6 Å². The SMILES string of the molecule is COc1ccc(C(C(=O)Nc2cc(F)c(S(C)(C)C)c(F)c2)N(C)C(=O)c2cc(O)no2)cc1. The number of likely N-dealkylation sites (N-methyl/N-ethyl adjacent to an activating group) is 1. The van der Waals surface area contributed by atoms with Gasteiger partial charge in [-0.1, -0.05) is 12.1 Å². The Bertz CT molecular complexity index is 1190. The van der Waals surface area contributed by atoms with Crippen LogP contribution in [-0.4, -0.2) is 59.9 Å². The largest absolute Gasteiger partial charge is 0.497 e. The predicted octanol–water partition coefficient (Wildman–Crippen LogP) is 4.17. The van der Waals surface area contributed by atoms with Gasteiger partial charge in [-0.05, 0) is 53.8 Å². The topological polar surface area (TPSA) is 105 Å². The molecule has 2 aromatic carbocycles. The molecule has 0 radical (unpaired) electrons. The molecule has 3 aromatic rings. The highest BCUT2D eigenvalue weighted by Crippen LogP contribution is 2.48. The fourth-order valence-corrected chi connectivity index (χ4v) is 4.71. The maximum Gasteiger partial charge on any atom is 0.293 e. The number of anilines is 1. The lowest BCUT2D eigenvalue weighted by molar-refractivity contribution is -0.120. The summed E-state index contributed by atoms with van der Waals surface area (Å²) < 4.78 is 39.3. The summed E-state index contributed by atoms with van der Waals surface area (Å²) in [4.78, 5) is 27.2. The molecule has 182 valence electrons. The van der Waals surface area contributed by atoms with Crippen molar-refractivity contribution in [2.24, 2.45) is 0 Å². The number of benzene rings is 2. The Morgan fingerprint density at radius 1 is 1.12 bits per heavy atom. The normalized spacial score (nSPS) is 12.7. The second-order valence-electron chi connectivity index (χ2n) is 8.24. The number of hydrogen-bond donors (Lipinski definition) is 2. The average Bonchev–Trinajstić information content (AvgIpc) is 3.18. The lowest BCUT2D eigenvalue weighted by Crippen LogP contribution is -2.38. The molecule has 0 bridgehead atoms. The van der Waals surface area contributed by atoms with Crippen molar-refractivity contribution >= 4 is 27.5 Å². The van der Waals surface area contributed by atoms with E-state index in [0.29, 0.717) is 11.3 Å². The molecule has 1 atom stereocenters. The summed E-state index contributed by atoms with van der Waals surface area (Å²) in [5, 5.41) is 15.2. The van der Waals surface area contributed by atoms with E-state index in [1.54, 1.807) is 43.0 Å². The summed E-state index contributed by atoms with van der Waals surface area (Å²) in [6.07, 6.45) is 5.27. The summed E-state index contributed by atoms with van der Waals surface area (Å²) in [6, 6.07) is 8.27. The number of ether oxygens (including phenoxy) is 1. The van der Waals surface area contributed by atoms with E-state index in [-0.39, 0.29) is 16.3 Å². The Balaban J connectivity index is 1.97. The number of rotatable bonds is 7. The molecule has 1 heterocycles. The van der Waals surface area contributed by atoms with Crippen molar-refractivity contribution < 1.29 is 32.7 Å². The molecule has 0 aliphatic rings. The highest BCUT2D eigenvalue weighted by molar-refractivity contribution is 8.32. The van der Waals surface area contributed by atoms with E-state index in [1.165, 1.54) is 14.2 Å². The smallest absolute Gasteiger partial charge is 0.293 e. The fraction of sp³-hybridized carbons (Fsp3) is 0.261. The van der Waals surface area contributed by atoms with Crippen LogP contribution < -0.4 is 10.1 Å². The maximum absolute atomic E-state index is 14.7. The molecule has 8 nitrogen and oxygen atoms in total. The Morgan fingerprint density at radius 3 is 2.18 bits per heavy atom. The van der Waals surface area contributed by atoms with Crippen molar-refractivity contribution in [3.05, 3.63) is 65.4 Å². The highest BCUT2D eigenvalue weighted by Gasteiger charge is 2.32. The van der Waals surface area contributed by atoms with E-state index in [0.717, 1.165) is 23.1 Å². The minimum atomic E-state index is -1.69. The Labute approximate surface area is 196 Å². The van der Waals surface area contributed by atoms with Gasteiger partial charge in [-0.15, -0.1) is 0 Å². The van der Waals surface area contributed by atoms with Gasteiger partial charge in [0.1, 0.15) is 23.4 Å². The molecule has 0 aliphatic heterocycles. The van der Waals surface area contributed by atoms with Crippen LogP contribution in [0.5, 0.6) is 11.6 Å². The van der Waals surface area contributed by atoms with Gasteiger partial charge in [0.05, 0.1) is 18.1 Å². The molecule has 2 N–H and O–H groups in total. The summed E-state index contributed by atoms with van der Waals surface area (Å²) in [5.74, 6) is -3.25. The zero-order valence-electron chi connectivity index (χ0n) is 19.3. The number of aromatic hydroxyl groups is 1. The Hall–Kier alpha value is -3.60. The summed E-state index contributed by atoms with van der Waals surface area (Å²) in [5.41, 5.74) is 0.304. The van der Waals surface area contributed by atoms with Crippen molar-refractivity contribution in [3.63, 3.8) is 0 Å². The van der Waals surface area contributed by atoms with E-state index < -0.39 is 45.4 Å². The molecule has 2 amide bonds. The van der Waals surface area contributed by atoms with E-state index >= 15 is 0 Å². The van der Waals surface area contributed by atoms with Gasteiger partial charge < -0.3 is 24.6 Å². The summed E-state index contributed by atoms with van der Waals surface area (Å²) >= 11 is 0. The molecule has 1 aromatic heterocycles. The van der Waals surface area contributed by atoms with Crippen LogP contribution in [0.3, 0.4) is 0 Å². The van der Waals surface area contributed by atoms with E-state index in [2.05, 4.69) is 10.5 Å². The minimum Gasteiger partial charge on any atom is -0.497 e. The molecule has 11 heteroatoms. The zero-order chi connectivity index (χ0) is 25.2. The Morgan fingerprint density at radius 2 is 1.71 bits per heavy atom. The number of methoxy groups -OCH3 is 1. The van der Waals surface area contributed by atoms with Crippen LogP contribution in [-0.2, 0) is 4.79 Å². The molecular formula is C23H25F2N3O5S. The minimum absolute atomic E-state index is 0.0189. The summed E-state index contributed by atoms with van der Waals surface area (Å²) in [7, 11) is 1.14. The second-order valence-corrected chi connectivity index (χ2v) is 12.3. The monoisotopic (exact) mass is 493 g/mol. The van der Waals surface area contributed by atoms with Crippen LogP contribution in [0, 0.1) is 11.6 Å². The van der Waals surface area contributed by atoms with Crippen LogP contribution in [0.4, 0.5) is 14.5 Å². The molecule has 1 unspecified atom stereocenters. The molecule has 0 fully saturated rings. The van der Waals surface area contributed by atoms with Gasteiger partial charge in [-0.25, -0.2) is 18.8 Å². The molecule has 0 aliphatic carbocycles.